The van der Waals surface area contributed by atoms with Crippen LogP contribution in [0, 0.1) is 0 Å². The summed E-state index contributed by atoms with van der Waals surface area (Å²) in [7, 11) is 1.79. The van der Waals surface area contributed by atoms with Gasteiger partial charge in [0, 0.05) is 60.6 Å². The van der Waals surface area contributed by atoms with E-state index < -0.39 is 0 Å². The van der Waals surface area contributed by atoms with E-state index in [-0.39, 0.29) is 0 Å². The number of rotatable bonds is 4. The summed E-state index contributed by atoms with van der Waals surface area (Å²) in [4.78, 5) is 16.8. The standard InChI is InChI=1S/C20H22N6O/c1-27-15-5-3-14(4-6-15)24-20-23-11-17-16(10-22-19(17)25-20)13-2-7-18-21-8-9-26(18)12-13/h2,7-12,14-15H,3-6H2,1H3,(H2,22,23,24,25)/t14-,15+. The highest BCUT2D eigenvalue weighted by Crippen LogP contribution is 2.29. The molecule has 0 radical (unpaired) electrons. The molecule has 1 aliphatic carbocycles. The summed E-state index contributed by atoms with van der Waals surface area (Å²) in [6.07, 6.45) is 14.4. The van der Waals surface area contributed by atoms with Crippen LogP contribution in [0.15, 0.2) is 43.1 Å². The number of methoxy groups -OCH3 is 1. The number of H-pyrrole nitrogens is 1. The highest BCUT2D eigenvalue weighted by Gasteiger charge is 2.21. The first kappa shape index (κ1) is 16.3. The van der Waals surface area contributed by atoms with Crippen LogP contribution in [0.2, 0.25) is 0 Å². The first-order valence-corrected chi connectivity index (χ1v) is 9.37. The maximum Gasteiger partial charge on any atom is 0.224 e. The molecule has 5 rings (SSSR count). The van der Waals surface area contributed by atoms with Gasteiger partial charge in [-0.15, -0.1) is 0 Å². The molecule has 7 heteroatoms. The Morgan fingerprint density at radius 1 is 1.19 bits per heavy atom. The minimum atomic E-state index is 0.394. The van der Waals surface area contributed by atoms with Crippen LogP contribution in [0.25, 0.3) is 27.8 Å². The number of aromatic amines is 1. The van der Waals surface area contributed by atoms with Gasteiger partial charge < -0.3 is 19.4 Å². The van der Waals surface area contributed by atoms with Gasteiger partial charge in [0.05, 0.1) is 6.10 Å². The minimum absolute atomic E-state index is 0.394. The first-order valence-electron chi connectivity index (χ1n) is 9.37. The van der Waals surface area contributed by atoms with Crippen molar-refractivity contribution in [3.05, 3.63) is 43.1 Å². The number of hydrogen-bond donors (Lipinski definition) is 2. The van der Waals surface area contributed by atoms with Crippen molar-refractivity contribution in [3.8, 4) is 11.1 Å². The van der Waals surface area contributed by atoms with Gasteiger partial charge in [-0.25, -0.2) is 9.97 Å². The molecule has 0 aliphatic heterocycles. The molecule has 2 N–H and O–H groups in total. The van der Waals surface area contributed by atoms with Crippen LogP contribution in [0.5, 0.6) is 0 Å². The zero-order valence-corrected chi connectivity index (χ0v) is 15.2. The van der Waals surface area contributed by atoms with E-state index in [9.17, 15) is 0 Å². The summed E-state index contributed by atoms with van der Waals surface area (Å²) in [5, 5.41) is 4.49. The lowest BCUT2D eigenvalue weighted by atomic mass is 9.93. The molecule has 0 unspecified atom stereocenters. The summed E-state index contributed by atoms with van der Waals surface area (Å²) in [6.45, 7) is 0. The number of nitrogens with one attached hydrogen (secondary N) is 2. The molecule has 138 valence electrons. The largest absolute Gasteiger partial charge is 0.381 e. The molecule has 4 aromatic heterocycles. The monoisotopic (exact) mass is 362 g/mol. The van der Waals surface area contributed by atoms with Gasteiger partial charge in [-0.1, -0.05) is 0 Å². The lowest BCUT2D eigenvalue weighted by Gasteiger charge is -2.28. The number of ether oxygens (including phenoxy) is 1. The molecule has 1 saturated carbocycles. The smallest absolute Gasteiger partial charge is 0.224 e. The molecule has 0 atom stereocenters. The number of aromatic nitrogens is 5. The Hall–Kier alpha value is -2.93. The van der Waals surface area contributed by atoms with Crippen LogP contribution in [0.3, 0.4) is 0 Å². The Balaban J connectivity index is 1.39. The van der Waals surface area contributed by atoms with Crippen molar-refractivity contribution < 1.29 is 4.74 Å². The highest BCUT2D eigenvalue weighted by molar-refractivity contribution is 5.93. The molecule has 1 aliphatic rings. The Kier molecular flexibility index (Phi) is 4.01. The second-order valence-electron chi connectivity index (χ2n) is 7.12. The zero-order chi connectivity index (χ0) is 18.2. The van der Waals surface area contributed by atoms with Crippen LogP contribution in [-0.2, 0) is 4.74 Å². The summed E-state index contributed by atoms with van der Waals surface area (Å²) >= 11 is 0. The van der Waals surface area contributed by atoms with Crippen LogP contribution >= 0.6 is 0 Å². The molecule has 4 aromatic rings. The fourth-order valence-electron chi connectivity index (χ4n) is 3.92. The number of imidazole rings is 1. The van der Waals surface area contributed by atoms with Crippen molar-refractivity contribution in [2.45, 2.75) is 37.8 Å². The molecule has 4 heterocycles. The van der Waals surface area contributed by atoms with Gasteiger partial charge in [0.15, 0.2) is 0 Å². The van der Waals surface area contributed by atoms with E-state index in [4.69, 9.17) is 4.74 Å². The van der Waals surface area contributed by atoms with Crippen LogP contribution in [-0.4, -0.2) is 43.6 Å². The molecule has 0 aromatic carbocycles. The van der Waals surface area contributed by atoms with Gasteiger partial charge >= 0.3 is 0 Å². The minimum Gasteiger partial charge on any atom is -0.381 e. The molecule has 0 spiro atoms. The Bertz CT molecular complexity index is 1080. The number of pyridine rings is 1. The molecular weight excluding hydrogens is 340 g/mol. The fourth-order valence-corrected chi connectivity index (χ4v) is 3.92. The van der Waals surface area contributed by atoms with E-state index in [1.807, 2.05) is 29.1 Å². The van der Waals surface area contributed by atoms with Crippen molar-refractivity contribution in [2.24, 2.45) is 0 Å². The second kappa shape index (κ2) is 6.66. The molecule has 1 fully saturated rings. The van der Waals surface area contributed by atoms with E-state index in [1.165, 1.54) is 0 Å². The van der Waals surface area contributed by atoms with E-state index in [1.54, 1.807) is 13.3 Å². The summed E-state index contributed by atoms with van der Waals surface area (Å²) in [5.74, 6) is 0.682. The van der Waals surface area contributed by atoms with E-state index in [0.717, 1.165) is 53.5 Å². The fraction of sp³-hybridized carbons (Fsp3) is 0.350. The molecular formula is C20H22N6O. The average molecular weight is 362 g/mol. The van der Waals surface area contributed by atoms with Crippen molar-refractivity contribution in [3.63, 3.8) is 0 Å². The van der Waals surface area contributed by atoms with Crippen LogP contribution in [0.4, 0.5) is 5.95 Å². The summed E-state index contributed by atoms with van der Waals surface area (Å²) in [5.41, 5.74) is 3.98. The maximum atomic E-state index is 5.44. The molecule has 0 saturated heterocycles. The SMILES string of the molecule is CO[C@H]1CC[C@@H](Nc2ncc3c(-c4ccc5nccn5c4)c[nH]c3n2)CC1. The van der Waals surface area contributed by atoms with Crippen molar-refractivity contribution >= 4 is 22.6 Å². The lowest BCUT2D eigenvalue weighted by molar-refractivity contribution is 0.0681. The second-order valence-corrected chi connectivity index (χ2v) is 7.12. The summed E-state index contributed by atoms with van der Waals surface area (Å²) < 4.78 is 7.46. The number of anilines is 1. The lowest BCUT2D eigenvalue weighted by Crippen LogP contribution is -2.29. The van der Waals surface area contributed by atoms with Crippen molar-refractivity contribution in [1.29, 1.82) is 0 Å². The van der Waals surface area contributed by atoms with Gasteiger partial charge in [-0.05, 0) is 37.8 Å². The van der Waals surface area contributed by atoms with E-state index >= 15 is 0 Å². The molecule has 0 amide bonds. The number of hydrogen-bond acceptors (Lipinski definition) is 5. The first-order chi connectivity index (χ1) is 13.3. The molecule has 7 nitrogen and oxygen atoms in total. The summed E-state index contributed by atoms with van der Waals surface area (Å²) in [6, 6.07) is 4.50. The third kappa shape index (κ3) is 3.04. The van der Waals surface area contributed by atoms with Crippen LogP contribution in [0.1, 0.15) is 25.7 Å². The van der Waals surface area contributed by atoms with Gasteiger partial charge in [0.1, 0.15) is 11.3 Å². The molecule has 0 bridgehead atoms. The van der Waals surface area contributed by atoms with E-state index in [2.05, 4.69) is 37.5 Å². The van der Waals surface area contributed by atoms with Gasteiger partial charge in [-0.2, -0.15) is 4.98 Å². The zero-order valence-electron chi connectivity index (χ0n) is 15.2. The topological polar surface area (TPSA) is 80.1 Å². The Morgan fingerprint density at radius 2 is 2.07 bits per heavy atom. The Morgan fingerprint density at radius 3 is 2.93 bits per heavy atom. The van der Waals surface area contributed by atoms with Gasteiger partial charge in [0.25, 0.3) is 0 Å². The van der Waals surface area contributed by atoms with Crippen molar-refractivity contribution in [1.82, 2.24) is 24.3 Å². The van der Waals surface area contributed by atoms with Crippen molar-refractivity contribution in [2.75, 3.05) is 12.4 Å². The number of nitrogens with zero attached hydrogens (tertiary/aromatic N) is 4. The third-order valence-corrected chi connectivity index (χ3v) is 5.47. The normalized spacial score (nSPS) is 20.3. The van der Waals surface area contributed by atoms with Gasteiger partial charge in [-0.3, -0.25) is 0 Å². The highest BCUT2D eigenvalue weighted by atomic mass is 16.5. The average Bonchev–Trinajstić information content (AvgIpc) is 3.34. The Labute approximate surface area is 156 Å². The third-order valence-electron chi connectivity index (χ3n) is 5.47. The molecule has 27 heavy (non-hydrogen) atoms. The predicted molar refractivity (Wildman–Crippen MR) is 105 cm³/mol. The predicted octanol–water partition coefficient (Wildman–Crippen LogP) is 3.64. The van der Waals surface area contributed by atoms with Crippen LogP contribution < -0.4 is 5.32 Å². The van der Waals surface area contributed by atoms with E-state index in [0.29, 0.717) is 18.1 Å². The van der Waals surface area contributed by atoms with Gasteiger partial charge in [0.2, 0.25) is 5.95 Å². The maximum absolute atomic E-state index is 5.44. The quantitative estimate of drug-likeness (QED) is 0.579. The number of fused-ring (bicyclic) bond motifs is 2.